The summed E-state index contributed by atoms with van der Waals surface area (Å²) in [5, 5.41) is 7.96. The minimum absolute atomic E-state index is 0.0435. The lowest BCUT2D eigenvalue weighted by molar-refractivity contribution is -0.137. The van der Waals surface area contributed by atoms with E-state index in [0.717, 1.165) is 23.3 Å². The topological polar surface area (TPSA) is 102 Å². The third kappa shape index (κ3) is 4.06. The van der Waals surface area contributed by atoms with Crippen molar-refractivity contribution in [2.45, 2.75) is 37.1 Å². The van der Waals surface area contributed by atoms with Crippen LogP contribution in [0.3, 0.4) is 0 Å². The molecule has 1 aliphatic carbocycles. The summed E-state index contributed by atoms with van der Waals surface area (Å²) >= 11 is 0. The largest absolute Gasteiger partial charge is 0.487 e. The molecule has 3 amide bonds. The van der Waals surface area contributed by atoms with Gasteiger partial charge >= 0.3 is 12.2 Å². The van der Waals surface area contributed by atoms with Crippen molar-refractivity contribution in [1.82, 2.24) is 10.3 Å². The number of alkyl halides is 3. The summed E-state index contributed by atoms with van der Waals surface area (Å²) in [4.78, 5) is 28.3. The highest BCUT2D eigenvalue weighted by Crippen LogP contribution is 2.54. The lowest BCUT2D eigenvalue weighted by atomic mass is 10.1. The van der Waals surface area contributed by atoms with Crippen molar-refractivity contribution in [2.75, 3.05) is 10.6 Å². The molecule has 36 heavy (non-hydrogen) atoms. The molecule has 0 saturated heterocycles. The third-order valence-corrected chi connectivity index (χ3v) is 6.40. The first-order chi connectivity index (χ1) is 17.3. The molecule has 0 unspecified atom stereocenters. The van der Waals surface area contributed by atoms with Crippen molar-refractivity contribution in [3.8, 4) is 17.2 Å². The van der Waals surface area contributed by atoms with Gasteiger partial charge in [-0.15, -0.1) is 0 Å². The lowest BCUT2D eigenvalue weighted by Crippen LogP contribution is -2.34. The molecule has 1 aromatic heterocycles. The first-order valence-corrected chi connectivity index (χ1v) is 11.3. The highest BCUT2D eigenvalue weighted by Gasteiger charge is 2.59. The molecular weight excluding hydrogens is 477 g/mol. The molecule has 8 nitrogen and oxygen atoms in total. The number of hydrogen-bond acceptors (Lipinski definition) is 5. The van der Waals surface area contributed by atoms with E-state index in [-0.39, 0.29) is 29.7 Å². The van der Waals surface area contributed by atoms with Crippen molar-refractivity contribution in [3.63, 3.8) is 0 Å². The van der Waals surface area contributed by atoms with Gasteiger partial charge in [-0.05, 0) is 48.9 Å². The number of carbonyl (C=O) groups is 2. The van der Waals surface area contributed by atoms with E-state index in [1.807, 2.05) is 6.07 Å². The van der Waals surface area contributed by atoms with Crippen LogP contribution in [0.5, 0.6) is 17.2 Å². The zero-order valence-corrected chi connectivity index (χ0v) is 18.6. The van der Waals surface area contributed by atoms with Crippen LogP contribution in [-0.2, 0) is 17.4 Å². The van der Waals surface area contributed by atoms with E-state index in [0.29, 0.717) is 35.9 Å². The molecule has 1 saturated carbocycles. The van der Waals surface area contributed by atoms with E-state index in [9.17, 15) is 22.8 Å². The molecule has 3 atom stereocenters. The van der Waals surface area contributed by atoms with E-state index in [1.54, 1.807) is 24.4 Å². The van der Waals surface area contributed by atoms with Crippen LogP contribution < -0.4 is 25.4 Å². The highest BCUT2D eigenvalue weighted by atomic mass is 19.4. The lowest BCUT2D eigenvalue weighted by Gasteiger charge is -2.19. The average molecular weight is 496 g/mol. The number of nitrogens with zero attached hydrogens (tertiary/aromatic N) is 1. The van der Waals surface area contributed by atoms with Crippen LogP contribution in [0.2, 0.25) is 0 Å². The molecule has 11 heteroatoms. The Morgan fingerprint density at radius 1 is 1.14 bits per heavy atom. The van der Waals surface area contributed by atoms with Crippen LogP contribution in [0.4, 0.5) is 29.5 Å². The number of anilines is 2. The predicted molar refractivity (Wildman–Crippen MR) is 122 cm³/mol. The molecule has 3 N–H and O–H groups in total. The van der Waals surface area contributed by atoms with Crippen molar-refractivity contribution in [2.24, 2.45) is 0 Å². The standard InChI is InChI=1S/C25H19F3N4O4/c26-25(27,28)12-2-1-3-13(10-12)30-24(34)32-21-20-16-11-14(4-6-17(16)36-22(20)21)35-18-8-9-29-23-15(18)5-7-19(33)31-23/h1-4,6,8-11,20-22H,5,7H2,(H,29,31,33)(H2,30,32,34)/t20-,21+,22-/m0/s1. The molecule has 0 spiro atoms. The number of urea groups is 1. The van der Waals surface area contributed by atoms with E-state index in [1.165, 1.54) is 12.1 Å². The predicted octanol–water partition coefficient (Wildman–Crippen LogP) is 4.83. The summed E-state index contributed by atoms with van der Waals surface area (Å²) in [6, 6.07) is 10.7. The van der Waals surface area contributed by atoms with Crippen LogP contribution in [0.15, 0.2) is 54.7 Å². The molecule has 2 aliphatic heterocycles. The summed E-state index contributed by atoms with van der Waals surface area (Å²) < 4.78 is 50.8. The SMILES string of the molecule is O=C1CCc2c(Oc3ccc4c(c3)[C@H]3[C@@H](NC(=O)Nc5cccc(C(F)(F)F)c5)[C@H]3O4)ccnc2N1. The fraction of sp³-hybridized carbons (Fsp3) is 0.240. The second-order valence-corrected chi connectivity index (χ2v) is 8.80. The second-order valence-electron chi connectivity index (χ2n) is 8.80. The van der Waals surface area contributed by atoms with Crippen molar-refractivity contribution in [1.29, 1.82) is 0 Å². The zero-order valence-electron chi connectivity index (χ0n) is 18.6. The summed E-state index contributed by atoms with van der Waals surface area (Å²) in [7, 11) is 0. The molecule has 0 radical (unpaired) electrons. The summed E-state index contributed by atoms with van der Waals surface area (Å²) in [5.74, 6) is 2.17. The molecule has 6 rings (SSSR count). The summed E-state index contributed by atoms with van der Waals surface area (Å²) in [6.07, 6.45) is -2.31. The van der Waals surface area contributed by atoms with Gasteiger partial charge in [-0.2, -0.15) is 13.2 Å². The van der Waals surface area contributed by atoms with Gasteiger partial charge in [0.15, 0.2) is 0 Å². The number of benzene rings is 2. The van der Waals surface area contributed by atoms with Gasteiger partial charge in [0.1, 0.15) is 29.2 Å². The third-order valence-electron chi connectivity index (χ3n) is 6.40. The van der Waals surface area contributed by atoms with E-state index in [4.69, 9.17) is 9.47 Å². The first-order valence-electron chi connectivity index (χ1n) is 11.3. The number of pyridine rings is 1. The maximum absolute atomic E-state index is 12.9. The van der Waals surface area contributed by atoms with Crippen molar-refractivity contribution in [3.05, 3.63) is 71.4 Å². The summed E-state index contributed by atoms with van der Waals surface area (Å²) in [6.45, 7) is 0. The van der Waals surface area contributed by atoms with Gasteiger partial charge in [0, 0.05) is 29.4 Å². The number of fused-ring (bicyclic) bond motifs is 4. The Bertz CT molecular complexity index is 1390. The minimum Gasteiger partial charge on any atom is -0.487 e. The van der Waals surface area contributed by atoms with Gasteiger partial charge < -0.3 is 25.4 Å². The van der Waals surface area contributed by atoms with E-state index < -0.39 is 17.8 Å². The fourth-order valence-electron chi connectivity index (χ4n) is 4.65. The molecule has 184 valence electrons. The van der Waals surface area contributed by atoms with Crippen LogP contribution >= 0.6 is 0 Å². The molecule has 3 aliphatic rings. The number of nitrogens with one attached hydrogen (secondary N) is 3. The van der Waals surface area contributed by atoms with Gasteiger partial charge in [-0.25, -0.2) is 9.78 Å². The van der Waals surface area contributed by atoms with Gasteiger partial charge in [-0.1, -0.05) is 6.07 Å². The maximum Gasteiger partial charge on any atom is 0.416 e. The quantitative estimate of drug-likeness (QED) is 0.481. The number of aromatic nitrogens is 1. The van der Waals surface area contributed by atoms with Crippen LogP contribution in [-0.4, -0.2) is 29.1 Å². The monoisotopic (exact) mass is 496 g/mol. The Morgan fingerprint density at radius 2 is 2.00 bits per heavy atom. The number of hydrogen-bond donors (Lipinski definition) is 3. The minimum atomic E-state index is -4.50. The van der Waals surface area contributed by atoms with Crippen molar-refractivity contribution < 1.29 is 32.2 Å². The van der Waals surface area contributed by atoms with Crippen molar-refractivity contribution >= 4 is 23.4 Å². The first kappa shape index (κ1) is 22.2. The normalized spacial score (nSPS) is 21.3. The Hall–Kier alpha value is -4.28. The number of rotatable bonds is 4. The van der Waals surface area contributed by atoms with Gasteiger partial charge in [0.2, 0.25) is 5.91 Å². The number of ether oxygens (including phenoxy) is 2. The molecule has 3 aromatic rings. The van der Waals surface area contributed by atoms with Gasteiger partial charge in [0.05, 0.1) is 17.5 Å². The number of halogens is 3. The van der Waals surface area contributed by atoms with Gasteiger partial charge in [0.25, 0.3) is 0 Å². The smallest absolute Gasteiger partial charge is 0.416 e. The second kappa shape index (κ2) is 8.14. The molecule has 0 bridgehead atoms. The Balaban J connectivity index is 1.13. The highest BCUT2D eigenvalue weighted by molar-refractivity contribution is 5.93. The van der Waals surface area contributed by atoms with Crippen LogP contribution in [0.25, 0.3) is 0 Å². The molecular formula is C25H19F3N4O4. The maximum atomic E-state index is 12.9. The molecule has 1 fully saturated rings. The number of carbonyl (C=O) groups excluding carboxylic acids is 2. The zero-order chi connectivity index (χ0) is 25.0. The Morgan fingerprint density at radius 3 is 2.83 bits per heavy atom. The van der Waals surface area contributed by atoms with E-state index in [2.05, 4.69) is 20.9 Å². The summed E-state index contributed by atoms with van der Waals surface area (Å²) in [5.41, 5.74) is 0.898. The van der Waals surface area contributed by atoms with Crippen LogP contribution in [0, 0.1) is 0 Å². The fourth-order valence-corrected chi connectivity index (χ4v) is 4.65. The van der Waals surface area contributed by atoms with Gasteiger partial charge in [-0.3, -0.25) is 4.79 Å². The molecule has 3 heterocycles. The van der Waals surface area contributed by atoms with E-state index >= 15 is 0 Å². The number of amides is 3. The van der Waals surface area contributed by atoms with Crippen LogP contribution in [0.1, 0.15) is 29.0 Å². The Labute approximate surface area is 202 Å². The average Bonchev–Trinajstić information content (AvgIpc) is 3.34. The molecule has 2 aromatic carbocycles. The Kier molecular flexibility index (Phi) is 5.02.